The molecule has 3 aliphatic rings. The zero-order valence-corrected chi connectivity index (χ0v) is 9.32. The quantitative estimate of drug-likeness (QED) is 0.586. The Morgan fingerprint density at radius 1 is 1.33 bits per heavy atom. The molecule has 3 saturated heterocycles. The number of ether oxygens (including phenoxy) is 3. The topological polar surface area (TPSA) is 51.5 Å². The van der Waals surface area contributed by atoms with Gasteiger partial charge >= 0.3 is 0 Å². The third-order valence-corrected chi connectivity index (χ3v) is 3.74. The maximum atomic E-state index is 9.04. The molecule has 0 amide bonds. The van der Waals surface area contributed by atoms with Gasteiger partial charge in [0.05, 0.1) is 12.2 Å². The van der Waals surface area contributed by atoms with E-state index >= 15 is 0 Å². The van der Waals surface area contributed by atoms with E-state index < -0.39 is 10.7 Å². The fourth-order valence-electron chi connectivity index (χ4n) is 2.73. The van der Waals surface area contributed by atoms with Crippen LogP contribution in [0.3, 0.4) is 0 Å². The maximum Gasteiger partial charge on any atom is 0.164 e. The lowest BCUT2D eigenvalue weighted by Crippen LogP contribution is -2.47. The molecule has 0 aliphatic carbocycles. The molecule has 4 nitrogen and oxygen atoms in total. The van der Waals surface area contributed by atoms with Crippen LogP contribution in [0.5, 0.6) is 0 Å². The third-order valence-electron chi connectivity index (χ3n) is 3.28. The summed E-state index contributed by atoms with van der Waals surface area (Å²) in [6, 6.07) is 2.12. The molecule has 0 saturated carbocycles. The molecule has 3 aliphatic heterocycles. The Morgan fingerprint density at radius 2 is 2.00 bits per heavy atom. The standard InChI is InChI=1S/C10H12ClNO3/c1-9(2)14-6-5-3-10(11,4-12)8(13-5)7(6)15-9/h5-8H,3H2,1-2H3/t5-,6-,7-,8-,10-/m0/s1. The van der Waals surface area contributed by atoms with Gasteiger partial charge in [0.25, 0.3) is 0 Å². The van der Waals surface area contributed by atoms with Crippen molar-refractivity contribution in [1.82, 2.24) is 0 Å². The van der Waals surface area contributed by atoms with Crippen LogP contribution in [0.25, 0.3) is 0 Å². The molecule has 3 rings (SSSR count). The van der Waals surface area contributed by atoms with Gasteiger partial charge in [-0.2, -0.15) is 5.26 Å². The lowest BCUT2D eigenvalue weighted by Gasteiger charge is -2.27. The van der Waals surface area contributed by atoms with Gasteiger partial charge in [0.1, 0.15) is 18.3 Å². The van der Waals surface area contributed by atoms with Crippen LogP contribution in [0.2, 0.25) is 0 Å². The highest BCUT2D eigenvalue weighted by atomic mass is 35.5. The van der Waals surface area contributed by atoms with Gasteiger partial charge in [0, 0.05) is 6.42 Å². The minimum Gasteiger partial charge on any atom is -0.366 e. The number of alkyl halides is 1. The van der Waals surface area contributed by atoms with Crippen molar-refractivity contribution in [1.29, 1.82) is 5.26 Å². The molecule has 82 valence electrons. The molecule has 3 heterocycles. The van der Waals surface area contributed by atoms with Crippen LogP contribution >= 0.6 is 11.6 Å². The fraction of sp³-hybridized carbons (Fsp3) is 0.900. The highest BCUT2D eigenvalue weighted by Crippen LogP contribution is 2.52. The van der Waals surface area contributed by atoms with Crippen LogP contribution in [-0.4, -0.2) is 35.1 Å². The highest BCUT2D eigenvalue weighted by molar-refractivity contribution is 6.26. The van der Waals surface area contributed by atoms with E-state index in [1.807, 2.05) is 13.8 Å². The van der Waals surface area contributed by atoms with Crippen LogP contribution < -0.4 is 0 Å². The molecular formula is C10H12ClNO3. The van der Waals surface area contributed by atoms with Crippen LogP contribution in [0.4, 0.5) is 0 Å². The van der Waals surface area contributed by atoms with Gasteiger partial charge < -0.3 is 14.2 Å². The SMILES string of the molecule is CC1(C)O[C@@H]2[C@H](O1)[C@@H]1O[C@H]2C[C@]1(Cl)C#N. The molecule has 0 N–H and O–H groups in total. The molecule has 15 heavy (non-hydrogen) atoms. The second-order valence-electron chi connectivity index (χ2n) is 4.84. The van der Waals surface area contributed by atoms with E-state index in [1.165, 1.54) is 0 Å². The normalized spacial score (nSPS) is 55.3. The molecular weight excluding hydrogens is 218 g/mol. The summed E-state index contributed by atoms with van der Waals surface area (Å²) in [5.41, 5.74) is 0. The van der Waals surface area contributed by atoms with Gasteiger partial charge in [-0.1, -0.05) is 11.6 Å². The van der Waals surface area contributed by atoms with E-state index in [2.05, 4.69) is 6.07 Å². The average molecular weight is 230 g/mol. The van der Waals surface area contributed by atoms with E-state index in [9.17, 15) is 0 Å². The molecule has 0 aromatic rings. The van der Waals surface area contributed by atoms with E-state index in [-0.39, 0.29) is 24.4 Å². The molecule has 3 fully saturated rings. The predicted molar refractivity (Wildman–Crippen MR) is 51.3 cm³/mol. The zero-order valence-electron chi connectivity index (χ0n) is 8.57. The van der Waals surface area contributed by atoms with Crippen molar-refractivity contribution in [3.05, 3.63) is 0 Å². The maximum absolute atomic E-state index is 9.04. The van der Waals surface area contributed by atoms with Crippen molar-refractivity contribution in [3.63, 3.8) is 0 Å². The summed E-state index contributed by atoms with van der Waals surface area (Å²) in [6.07, 6.45) is -0.197. The van der Waals surface area contributed by atoms with Crippen molar-refractivity contribution in [3.8, 4) is 6.07 Å². The first-order chi connectivity index (χ1) is 6.95. The summed E-state index contributed by atoms with van der Waals surface area (Å²) in [7, 11) is 0. The number of hydrogen-bond acceptors (Lipinski definition) is 4. The lowest BCUT2D eigenvalue weighted by atomic mass is 9.85. The lowest BCUT2D eigenvalue weighted by molar-refractivity contribution is -0.177. The van der Waals surface area contributed by atoms with Crippen molar-refractivity contribution < 1.29 is 14.2 Å². The Morgan fingerprint density at radius 3 is 2.67 bits per heavy atom. The van der Waals surface area contributed by atoms with Crippen molar-refractivity contribution in [2.45, 2.75) is 55.3 Å². The zero-order chi connectivity index (χ0) is 10.8. The van der Waals surface area contributed by atoms with E-state index in [0.717, 1.165) is 0 Å². The molecule has 2 bridgehead atoms. The summed E-state index contributed by atoms with van der Waals surface area (Å²) in [5, 5.41) is 9.04. The number of nitrogens with zero attached hydrogens (tertiary/aromatic N) is 1. The van der Waals surface area contributed by atoms with E-state index in [0.29, 0.717) is 6.42 Å². The largest absolute Gasteiger partial charge is 0.366 e. The summed E-state index contributed by atoms with van der Waals surface area (Å²) >= 11 is 6.19. The number of halogens is 1. The first-order valence-electron chi connectivity index (χ1n) is 5.06. The molecule has 5 heteroatoms. The van der Waals surface area contributed by atoms with Crippen LogP contribution in [0.15, 0.2) is 0 Å². The van der Waals surface area contributed by atoms with E-state index in [4.69, 9.17) is 31.1 Å². The molecule has 0 aromatic carbocycles. The van der Waals surface area contributed by atoms with Crippen molar-refractivity contribution in [2.24, 2.45) is 0 Å². The summed E-state index contributed by atoms with van der Waals surface area (Å²) in [4.78, 5) is -0.935. The van der Waals surface area contributed by atoms with Gasteiger partial charge in [0.2, 0.25) is 0 Å². The minimum absolute atomic E-state index is 0.0646. The molecule has 0 aromatic heterocycles. The number of rotatable bonds is 0. The first kappa shape index (κ1) is 9.86. The third kappa shape index (κ3) is 1.18. The predicted octanol–water partition coefficient (Wildman–Crippen LogP) is 1.18. The van der Waals surface area contributed by atoms with Gasteiger partial charge in [-0.05, 0) is 13.8 Å². The Kier molecular flexibility index (Phi) is 1.75. The van der Waals surface area contributed by atoms with Crippen LogP contribution in [0.1, 0.15) is 20.3 Å². The van der Waals surface area contributed by atoms with Crippen LogP contribution in [-0.2, 0) is 14.2 Å². The van der Waals surface area contributed by atoms with Gasteiger partial charge in [-0.15, -0.1) is 0 Å². The Hall–Kier alpha value is -0.340. The molecule has 0 spiro atoms. The summed E-state index contributed by atoms with van der Waals surface area (Å²) in [5.74, 6) is -0.590. The number of hydrogen-bond donors (Lipinski definition) is 0. The van der Waals surface area contributed by atoms with Gasteiger partial charge in [0.15, 0.2) is 10.7 Å². The average Bonchev–Trinajstić information content (AvgIpc) is 2.72. The fourth-order valence-corrected chi connectivity index (χ4v) is 3.06. The second kappa shape index (κ2) is 2.67. The monoisotopic (exact) mass is 229 g/mol. The van der Waals surface area contributed by atoms with Crippen molar-refractivity contribution in [2.75, 3.05) is 0 Å². The highest BCUT2D eigenvalue weighted by Gasteiger charge is 2.67. The number of fused-ring (bicyclic) bond motifs is 5. The Balaban J connectivity index is 1.91. The van der Waals surface area contributed by atoms with Gasteiger partial charge in [-0.25, -0.2) is 0 Å². The summed E-state index contributed by atoms with van der Waals surface area (Å²) < 4.78 is 17.1. The smallest absolute Gasteiger partial charge is 0.164 e. The number of nitriles is 1. The molecule has 0 radical (unpaired) electrons. The van der Waals surface area contributed by atoms with Gasteiger partial charge in [-0.3, -0.25) is 0 Å². The molecule has 5 atom stereocenters. The van der Waals surface area contributed by atoms with E-state index in [1.54, 1.807) is 0 Å². The Bertz CT molecular complexity index is 353. The van der Waals surface area contributed by atoms with Crippen LogP contribution in [0, 0.1) is 11.3 Å². The Labute approximate surface area is 93.0 Å². The van der Waals surface area contributed by atoms with Crippen molar-refractivity contribution >= 4 is 11.6 Å². The second-order valence-corrected chi connectivity index (χ2v) is 5.51. The first-order valence-corrected chi connectivity index (χ1v) is 5.44. The minimum atomic E-state index is -0.935. The summed E-state index contributed by atoms with van der Waals surface area (Å²) in [6.45, 7) is 3.74. The molecule has 0 unspecified atom stereocenters.